The lowest BCUT2D eigenvalue weighted by Gasteiger charge is -2.36. The molecule has 3 unspecified atom stereocenters. The van der Waals surface area contributed by atoms with Gasteiger partial charge in [0.15, 0.2) is 6.29 Å². The molecule has 0 spiro atoms. The molecular weight excluding hydrogens is 639 g/mol. The first-order chi connectivity index (χ1) is 23.9. The molecule has 2 amide bonds. The van der Waals surface area contributed by atoms with Crippen LogP contribution in [0.5, 0.6) is 0 Å². The summed E-state index contributed by atoms with van der Waals surface area (Å²) < 4.78 is 13.1. The van der Waals surface area contributed by atoms with Gasteiger partial charge < -0.3 is 19.7 Å². The first kappa shape index (κ1) is 32.5. The Hall–Kier alpha value is -5.06. The zero-order valence-electron chi connectivity index (χ0n) is 26.4. The number of fused-ring (bicyclic) bond motifs is 1. The third-order valence-corrected chi connectivity index (χ3v) is 9.93. The molecule has 0 bridgehead atoms. The van der Waals surface area contributed by atoms with Crippen LogP contribution in [0.4, 0.5) is 0 Å². The molecule has 1 fully saturated rings. The molecule has 0 radical (unpaired) electrons. The van der Waals surface area contributed by atoms with Gasteiger partial charge in [0.2, 0.25) is 0 Å². The number of benzene rings is 5. The second-order valence-corrected chi connectivity index (χ2v) is 13.2. The van der Waals surface area contributed by atoms with Gasteiger partial charge in [-0.25, -0.2) is 4.79 Å². The van der Waals surface area contributed by atoms with Crippen molar-refractivity contribution < 1.29 is 34.1 Å². The number of carbonyl (C=O) groups excluding carboxylic acids is 2. The summed E-state index contributed by atoms with van der Waals surface area (Å²) >= 11 is 1.60. The fourth-order valence-electron chi connectivity index (χ4n) is 6.19. The summed E-state index contributed by atoms with van der Waals surface area (Å²) in [6.07, 6.45) is -0.456. The minimum Gasteiger partial charge on any atom is -0.478 e. The van der Waals surface area contributed by atoms with Crippen LogP contribution in [0.25, 0.3) is 11.1 Å². The van der Waals surface area contributed by atoms with Crippen LogP contribution in [0.3, 0.4) is 0 Å². The Bertz CT molecular complexity index is 1980. The number of carboxylic acid groups (broad SMARTS) is 1. The number of carboxylic acids is 1. The molecule has 5 aromatic carbocycles. The number of aliphatic hydroxyl groups excluding tert-OH is 1. The van der Waals surface area contributed by atoms with E-state index in [0.717, 1.165) is 38.3 Å². The van der Waals surface area contributed by atoms with E-state index < -0.39 is 12.3 Å². The van der Waals surface area contributed by atoms with Gasteiger partial charge in [-0.3, -0.25) is 14.5 Å². The van der Waals surface area contributed by atoms with Gasteiger partial charge in [-0.05, 0) is 76.3 Å². The summed E-state index contributed by atoms with van der Waals surface area (Å²) in [5.41, 5.74) is 6.46. The summed E-state index contributed by atoms with van der Waals surface area (Å²) in [7, 11) is 0. The summed E-state index contributed by atoms with van der Waals surface area (Å²) in [4.78, 5) is 39.5. The lowest BCUT2D eigenvalue weighted by Crippen LogP contribution is -2.31. The lowest BCUT2D eigenvalue weighted by atomic mass is 9.99. The maximum atomic E-state index is 13.0. The van der Waals surface area contributed by atoms with Gasteiger partial charge in [-0.2, -0.15) is 0 Å². The average molecular weight is 672 g/mol. The van der Waals surface area contributed by atoms with Crippen molar-refractivity contribution in [3.8, 4) is 11.1 Å². The van der Waals surface area contributed by atoms with Gasteiger partial charge in [0.25, 0.3) is 11.8 Å². The molecule has 3 atom stereocenters. The molecule has 1 saturated heterocycles. The molecule has 246 valence electrons. The summed E-state index contributed by atoms with van der Waals surface area (Å²) in [5.74, 6) is -0.897. The predicted octanol–water partition coefficient (Wildman–Crippen LogP) is 7.68. The number of aromatic carboxylic acids is 1. The standard InChI is InChI=1S/C40H33NO7S/c42-23-25-11-13-27(14-12-25)36-21-32(24-49-33-17-15-28(16-18-33)39(45)46)47-40(48-36)31-8-4-7-30(20-31)29-6-3-5-26(19-29)22-41-37(43)34-9-1-2-10-35(34)38(41)44/h1-20,32,36,40,42H,21-24H2,(H,45,46). The van der Waals surface area contributed by atoms with Crippen LogP contribution in [0.15, 0.2) is 126 Å². The van der Waals surface area contributed by atoms with E-state index in [-0.39, 0.29) is 42.7 Å². The Kier molecular flexibility index (Phi) is 9.41. The quantitative estimate of drug-likeness (QED) is 0.115. The fourth-order valence-corrected chi connectivity index (χ4v) is 7.11. The largest absolute Gasteiger partial charge is 0.478 e. The Morgan fingerprint density at radius 1 is 0.735 bits per heavy atom. The number of amides is 2. The highest BCUT2D eigenvalue weighted by Crippen LogP contribution is 2.40. The zero-order chi connectivity index (χ0) is 33.9. The number of imide groups is 1. The van der Waals surface area contributed by atoms with Crippen LogP contribution >= 0.6 is 11.8 Å². The van der Waals surface area contributed by atoms with Gasteiger partial charge in [0.1, 0.15) is 0 Å². The van der Waals surface area contributed by atoms with Crippen molar-refractivity contribution in [2.75, 3.05) is 5.75 Å². The van der Waals surface area contributed by atoms with Gasteiger partial charge in [0.05, 0.1) is 42.0 Å². The monoisotopic (exact) mass is 671 g/mol. The number of ether oxygens (including phenoxy) is 2. The normalized spacial score (nSPS) is 18.8. The molecule has 9 heteroatoms. The number of aliphatic hydroxyl groups is 1. The Morgan fingerprint density at radius 2 is 1.41 bits per heavy atom. The third kappa shape index (κ3) is 7.06. The van der Waals surface area contributed by atoms with Gasteiger partial charge in [0, 0.05) is 22.6 Å². The van der Waals surface area contributed by atoms with Crippen molar-refractivity contribution in [3.63, 3.8) is 0 Å². The predicted molar refractivity (Wildman–Crippen MR) is 185 cm³/mol. The fraction of sp³-hybridized carbons (Fsp3) is 0.175. The Balaban J connectivity index is 1.11. The van der Waals surface area contributed by atoms with Gasteiger partial charge in [-0.15, -0.1) is 11.8 Å². The van der Waals surface area contributed by atoms with Crippen LogP contribution in [0.1, 0.15) is 72.1 Å². The molecule has 0 aliphatic carbocycles. The highest BCUT2D eigenvalue weighted by Gasteiger charge is 2.35. The van der Waals surface area contributed by atoms with Crippen molar-refractivity contribution in [3.05, 3.63) is 160 Å². The number of hydrogen-bond acceptors (Lipinski definition) is 7. The van der Waals surface area contributed by atoms with Crippen LogP contribution in [-0.2, 0) is 22.6 Å². The first-order valence-corrected chi connectivity index (χ1v) is 17.0. The molecule has 2 N–H and O–H groups in total. The zero-order valence-corrected chi connectivity index (χ0v) is 27.2. The van der Waals surface area contributed by atoms with E-state index in [4.69, 9.17) is 9.47 Å². The SMILES string of the molecule is O=C(O)c1ccc(SCC2CC(c3ccc(CO)cc3)OC(c3cccc(-c4cccc(CN5C(=O)c6ccccc6C5=O)c4)c3)O2)cc1. The lowest BCUT2D eigenvalue weighted by molar-refractivity contribution is -0.245. The van der Waals surface area contributed by atoms with Crippen molar-refractivity contribution in [2.24, 2.45) is 0 Å². The molecule has 8 nitrogen and oxygen atoms in total. The van der Waals surface area contributed by atoms with Crippen molar-refractivity contribution in [1.29, 1.82) is 0 Å². The summed E-state index contributed by atoms with van der Waals surface area (Å²) in [5, 5.41) is 18.8. The minimum atomic E-state index is -0.959. The average Bonchev–Trinajstić information content (AvgIpc) is 3.39. The van der Waals surface area contributed by atoms with Gasteiger partial charge in [-0.1, -0.05) is 72.8 Å². The van der Waals surface area contributed by atoms with E-state index in [1.807, 2.05) is 84.9 Å². The number of carbonyl (C=O) groups is 3. The second kappa shape index (κ2) is 14.2. The number of thioether (sulfide) groups is 1. The third-order valence-electron chi connectivity index (χ3n) is 8.79. The minimum absolute atomic E-state index is 0.0379. The maximum Gasteiger partial charge on any atom is 0.335 e. The Morgan fingerprint density at radius 3 is 2.08 bits per heavy atom. The van der Waals surface area contributed by atoms with Crippen molar-refractivity contribution in [1.82, 2.24) is 4.90 Å². The molecular formula is C40H33NO7S. The number of rotatable bonds is 10. The topological polar surface area (TPSA) is 113 Å². The molecule has 2 aliphatic heterocycles. The Labute approximate surface area is 287 Å². The van der Waals surface area contributed by atoms with E-state index in [0.29, 0.717) is 23.3 Å². The highest BCUT2D eigenvalue weighted by atomic mass is 32.2. The van der Waals surface area contributed by atoms with E-state index in [1.165, 1.54) is 4.90 Å². The molecule has 0 saturated carbocycles. The summed E-state index contributed by atoms with van der Waals surface area (Å²) in [6.45, 7) is 0.133. The van der Waals surface area contributed by atoms with E-state index in [1.54, 1.807) is 48.2 Å². The van der Waals surface area contributed by atoms with Crippen LogP contribution in [0, 0.1) is 0 Å². The van der Waals surface area contributed by atoms with Crippen LogP contribution in [-0.4, -0.2) is 44.8 Å². The molecule has 7 rings (SSSR count). The number of nitrogens with zero attached hydrogens (tertiary/aromatic N) is 1. The maximum absolute atomic E-state index is 13.0. The molecule has 2 heterocycles. The van der Waals surface area contributed by atoms with Gasteiger partial charge >= 0.3 is 5.97 Å². The molecule has 0 aromatic heterocycles. The van der Waals surface area contributed by atoms with E-state index >= 15 is 0 Å². The smallest absolute Gasteiger partial charge is 0.335 e. The molecule has 2 aliphatic rings. The van der Waals surface area contributed by atoms with Crippen molar-refractivity contribution >= 4 is 29.5 Å². The van der Waals surface area contributed by atoms with Crippen LogP contribution in [0.2, 0.25) is 0 Å². The highest BCUT2D eigenvalue weighted by molar-refractivity contribution is 7.99. The molecule has 5 aromatic rings. The first-order valence-electron chi connectivity index (χ1n) is 16.0. The second-order valence-electron chi connectivity index (χ2n) is 12.1. The summed E-state index contributed by atoms with van der Waals surface area (Å²) in [6, 6.07) is 37.3. The van der Waals surface area contributed by atoms with Crippen LogP contribution < -0.4 is 0 Å². The molecule has 49 heavy (non-hydrogen) atoms. The van der Waals surface area contributed by atoms with E-state index in [2.05, 4.69) is 0 Å². The number of hydrogen-bond donors (Lipinski definition) is 2. The van der Waals surface area contributed by atoms with E-state index in [9.17, 15) is 24.6 Å². The van der Waals surface area contributed by atoms with Crippen molar-refractivity contribution in [2.45, 2.75) is 43.0 Å².